The van der Waals surface area contributed by atoms with Crippen LogP contribution in [0.2, 0.25) is 0 Å². The Balaban J connectivity index is 1.32. The minimum absolute atomic E-state index is 0.178. The first kappa shape index (κ1) is 24.3. The first-order chi connectivity index (χ1) is 18.1. The molecule has 0 bridgehead atoms. The Kier molecular flexibility index (Phi) is 7.30. The van der Waals surface area contributed by atoms with Crippen LogP contribution in [-0.4, -0.2) is 56.1 Å². The molecule has 5 rings (SSSR count). The van der Waals surface area contributed by atoms with Gasteiger partial charge in [-0.05, 0) is 24.0 Å². The molecular weight excluding hydrogens is 468 g/mol. The van der Waals surface area contributed by atoms with Gasteiger partial charge in [-0.2, -0.15) is 0 Å². The van der Waals surface area contributed by atoms with Crippen LogP contribution in [0, 0.1) is 0 Å². The summed E-state index contributed by atoms with van der Waals surface area (Å²) < 4.78 is 6.78. The summed E-state index contributed by atoms with van der Waals surface area (Å²) in [4.78, 5) is 40.2. The smallest absolute Gasteiger partial charge is 0.407 e. The van der Waals surface area contributed by atoms with Crippen LogP contribution in [0.25, 0.3) is 11.3 Å². The molecule has 1 saturated heterocycles. The number of benzene rings is 2. The van der Waals surface area contributed by atoms with Crippen molar-refractivity contribution in [1.29, 1.82) is 0 Å². The number of H-pyrrole nitrogens is 1. The van der Waals surface area contributed by atoms with Gasteiger partial charge in [0.15, 0.2) is 0 Å². The molecular formula is C28H30N6O3. The predicted molar refractivity (Wildman–Crippen MR) is 139 cm³/mol. The first-order valence-electron chi connectivity index (χ1n) is 12.4. The molecule has 4 aromatic rings. The number of aromatic nitrogens is 4. The van der Waals surface area contributed by atoms with E-state index in [0.717, 1.165) is 35.5 Å². The molecule has 2 atom stereocenters. The van der Waals surface area contributed by atoms with E-state index in [9.17, 15) is 9.59 Å². The molecule has 0 spiro atoms. The lowest BCUT2D eigenvalue weighted by molar-refractivity contribution is -0.134. The normalized spacial score (nSPS) is 15.9. The molecule has 0 unspecified atom stereocenters. The number of hydrogen-bond donors (Lipinski definition) is 2. The topological polar surface area (TPSA) is 105 Å². The number of nitrogens with zero attached hydrogens (tertiary/aromatic N) is 4. The van der Waals surface area contributed by atoms with Crippen LogP contribution in [0.15, 0.2) is 79.4 Å². The molecule has 1 aliphatic rings. The van der Waals surface area contributed by atoms with Crippen LogP contribution in [0.4, 0.5) is 4.79 Å². The molecule has 0 radical (unpaired) electrons. The third-order valence-electron chi connectivity index (χ3n) is 6.62. The standard InChI is InChI=1S/C28H30N6O3/c1-37-28(36)32-23(15-22-18-33(19-30-22)17-20-9-4-2-5-10-20)27(35)34-14-8-13-25(34)26-29-16-24(31-26)21-11-6-3-7-12-21/h2-7,9-12,16,18-19,23,25H,8,13-15,17H2,1H3,(H,29,31)(H,32,36)/t23-,25-/m0/s1. The zero-order valence-corrected chi connectivity index (χ0v) is 20.7. The third-order valence-corrected chi connectivity index (χ3v) is 6.62. The van der Waals surface area contributed by atoms with Gasteiger partial charge in [-0.3, -0.25) is 4.79 Å². The van der Waals surface area contributed by atoms with Crippen molar-refractivity contribution < 1.29 is 14.3 Å². The molecule has 2 aromatic carbocycles. The average molecular weight is 499 g/mol. The Morgan fingerprint density at radius 1 is 1.11 bits per heavy atom. The molecule has 2 N–H and O–H groups in total. The minimum atomic E-state index is -0.809. The number of carbonyl (C=O) groups excluding carboxylic acids is 2. The Morgan fingerprint density at radius 2 is 1.86 bits per heavy atom. The molecule has 9 heteroatoms. The summed E-state index contributed by atoms with van der Waals surface area (Å²) in [7, 11) is 1.29. The zero-order chi connectivity index (χ0) is 25.6. The van der Waals surface area contributed by atoms with Crippen molar-refractivity contribution in [1.82, 2.24) is 29.7 Å². The van der Waals surface area contributed by atoms with Gasteiger partial charge in [-0.25, -0.2) is 14.8 Å². The molecule has 0 saturated carbocycles. The molecule has 37 heavy (non-hydrogen) atoms. The molecule has 1 fully saturated rings. The monoisotopic (exact) mass is 498 g/mol. The Bertz CT molecular complexity index is 1330. The maximum Gasteiger partial charge on any atom is 0.407 e. The van der Waals surface area contributed by atoms with Gasteiger partial charge >= 0.3 is 6.09 Å². The van der Waals surface area contributed by atoms with Crippen LogP contribution in [0.3, 0.4) is 0 Å². The van der Waals surface area contributed by atoms with Crippen molar-refractivity contribution in [2.45, 2.75) is 37.9 Å². The van der Waals surface area contributed by atoms with E-state index < -0.39 is 12.1 Å². The lowest BCUT2D eigenvalue weighted by Crippen LogP contribution is -2.49. The van der Waals surface area contributed by atoms with E-state index in [1.165, 1.54) is 7.11 Å². The SMILES string of the molecule is COC(=O)N[C@@H](Cc1cn(Cc2ccccc2)cn1)C(=O)N1CCC[C@H]1c1ncc(-c2ccccc2)[nH]1. The van der Waals surface area contributed by atoms with Gasteiger partial charge in [0.1, 0.15) is 11.9 Å². The quantitative estimate of drug-likeness (QED) is 0.383. The van der Waals surface area contributed by atoms with Gasteiger partial charge in [0.25, 0.3) is 0 Å². The van der Waals surface area contributed by atoms with Crippen LogP contribution in [-0.2, 0) is 22.5 Å². The van der Waals surface area contributed by atoms with Gasteiger partial charge in [-0.15, -0.1) is 0 Å². The van der Waals surface area contributed by atoms with Crippen molar-refractivity contribution in [2.75, 3.05) is 13.7 Å². The number of amides is 2. The van der Waals surface area contributed by atoms with E-state index in [0.29, 0.717) is 18.8 Å². The number of hydrogen-bond acceptors (Lipinski definition) is 5. The van der Waals surface area contributed by atoms with Gasteiger partial charge < -0.3 is 24.5 Å². The fourth-order valence-corrected chi connectivity index (χ4v) is 4.79. The molecule has 1 aliphatic heterocycles. The van der Waals surface area contributed by atoms with E-state index in [-0.39, 0.29) is 18.4 Å². The summed E-state index contributed by atoms with van der Waals surface area (Å²) in [6.07, 6.45) is 6.71. The van der Waals surface area contributed by atoms with E-state index in [1.54, 1.807) is 17.4 Å². The number of imidazole rings is 2. The Labute approximate surface area is 215 Å². The summed E-state index contributed by atoms with van der Waals surface area (Å²) in [5.41, 5.74) is 3.81. The highest BCUT2D eigenvalue weighted by atomic mass is 16.5. The highest BCUT2D eigenvalue weighted by molar-refractivity contribution is 5.86. The van der Waals surface area contributed by atoms with Gasteiger partial charge in [-0.1, -0.05) is 60.7 Å². The van der Waals surface area contributed by atoms with Gasteiger partial charge in [0, 0.05) is 25.7 Å². The van der Waals surface area contributed by atoms with Crippen molar-refractivity contribution in [2.24, 2.45) is 0 Å². The first-order valence-corrected chi connectivity index (χ1v) is 12.4. The van der Waals surface area contributed by atoms with Crippen LogP contribution in [0.1, 0.15) is 36.0 Å². The Morgan fingerprint density at radius 3 is 2.62 bits per heavy atom. The van der Waals surface area contributed by atoms with E-state index in [2.05, 4.69) is 32.4 Å². The average Bonchev–Trinajstić information content (AvgIpc) is 3.70. The fourth-order valence-electron chi connectivity index (χ4n) is 4.79. The van der Waals surface area contributed by atoms with Crippen molar-refractivity contribution in [3.63, 3.8) is 0 Å². The number of ether oxygens (including phenoxy) is 1. The lowest BCUT2D eigenvalue weighted by atomic mass is 10.1. The summed E-state index contributed by atoms with van der Waals surface area (Å²) in [6.45, 7) is 1.26. The molecule has 3 heterocycles. The van der Waals surface area contributed by atoms with Crippen molar-refractivity contribution in [3.8, 4) is 11.3 Å². The van der Waals surface area contributed by atoms with Crippen LogP contribution < -0.4 is 5.32 Å². The second-order valence-corrected chi connectivity index (χ2v) is 9.15. The Hall–Kier alpha value is -4.40. The maximum absolute atomic E-state index is 13.7. The maximum atomic E-state index is 13.7. The van der Waals surface area contributed by atoms with E-state index >= 15 is 0 Å². The highest BCUT2D eigenvalue weighted by Crippen LogP contribution is 2.32. The molecule has 0 aliphatic carbocycles. The van der Waals surface area contributed by atoms with Crippen molar-refractivity contribution >= 4 is 12.0 Å². The number of alkyl carbamates (subject to hydrolysis) is 1. The second kappa shape index (κ2) is 11.1. The number of carbonyl (C=O) groups is 2. The largest absolute Gasteiger partial charge is 0.453 e. The second-order valence-electron chi connectivity index (χ2n) is 9.15. The van der Waals surface area contributed by atoms with E-state index in [4.69, 9.17) is 4.74 Å². The minimum Gasteiger partial charge on any atom is -0.453 e. The van der Waals surface area contributed by atoms with Crippen molar-refractivity contribution in [3.05, 3.63) is 96.5 Å². The summed E-state index contributed by atoms with van der Waals surface area (Å²) in [6, 6.07) is 19.0. The number of aromatic amines is 1. The zero-order valence-electron chi connectivity index (χ0n) is 20.7. The van der Waals surface area contributed by atoms with Gasteiger partial charge in [0.2, 0.25) is 5.91 Å². The molecule has 2 aromatic heterocycles. The molecule has 190 valence electrons. The fraction of sp³-hybridized carbons (Fsp3) is 0.286. The lowest BCUT2D eigenvalue weighted by Gasteiger charge is -2.28. The predicted octanol–water partition coefficient (Wildman–Crippen LogP) is 3.95. The number of rotatable bonds is 8. The number of nitrogens with one attached hydrogen (secondary N) is 2. The van der Waals surface area contributed by atoms with Crippen LogP contribution >= 0.6 is 0 Å². The summed E-state index contributed by atoms with van der Waals surface area (Å²) in [5, 5.41) is 2.72. The summed E-state index contributed by atoms with van der Waals surface area (Å²) >= 11 is 0. The van der Waals surface area contributed by atoms with Crippen LogP contribution in [0.5, 0.6) is 0 Å². The highest BCUT2D eigenvalue weighted by Gasteiger charge is 2.36. The number of likely N-dealkylation sites (tertiary alicyclic amines) is 1. The van der Waals surface area contributed by atoms with Gasteiger partial charge in [0.05, 0.1) is 37.1 Å². The third kappa shape index (κ3) is 5.72. The molecule has 9 nitrogen and oxygen atoms in total. The summed E-state index contributed by atoms with van der Waals surface area (Å²) in [5.74, 6) is 0.567. The van der Waals surface area contributed by atoms with E-state index in [1.807, 2.05) is 59.3 Å². The number of methoxy groups -OCH3 is 1. The molecule has 2 amide bonds.